The Kier molecular flexibility index (Phi) is 8.88. The summed E-state index contributed by atoms with van der Waals surface area (Å²) in [6.07, 6.45) is 5.21. The molecule has 0 saturated carbocycles. The third-order valence-corrected chi connectivity index (χ3v) is 10.8. The number of rotatable bonds is 11. The molecule has 158 valence electrons. The molecule has 2 aromatic carbocycles. The van der Waals surface area contributed by atoms with Crippen LogP contribution in [0.2, 0.25) is 5.04 Å². The lowest BCUT2D eigenvalue weighted by atomic mass is 10.0. The van der Waals surface area contributed by atoms with Gasteiger partial charge in [-0.25, -0.2) is 0 Å². The molecule has 0 saturated heterocycles. The Morgan fingerprint density at radius 2 is 1.48 bits per heavy atom. The molecule has 2 atom stereocenters. The monoisotopic (exact) mass is 410 g/mol. The van der Waals surface area contributed by atoms with E-state index in [0.29, 0.717) is 5.92 Å². The first-order chi connectivity index (χ1) is 13.8. The van der Waals surface area contributed by atoms with Crippen LogP contribution in [-0.4, -0.2) is 26.1 Å². The Labute approximate surface area is 178 Å². The van der Waals surface area contributed by atoms with Gasteiger partial charge in [-0.2, -0.15) is 0 Å². The Morgan fingerprint density at radius 1 is 0.966 bits per heavy atom. The molecule has 1 N–H and O–H groups in total. The van der Waals surface area contributed by atoms with Crippen molar-refractivity contribution in [3.63, 3.8) is 0 Å². The van der Waals surface area contributed by atoms with E-state index < -0.39 is 8.32 Å². The fourth-order valence-electron chi connectivity index (χ4n) is 4.11. The van der Waals surface area contributed by atoms with Crippen molar-refractivity contribution in [1.82, 2.24) is 0 Å². The van der Waals surface area contributed by atoms with Crippen LogP contribution in [-0.2, 0) is 4.43 Å². The first-order valence-corrected chi connectivity index (χ1v) is 12.8. The maximum absolute atomic E-state index is 10.2. The summed E-state index contributed by atoms with van der Waals surface area (Å²) in [6.45, 7) is 13.5. The SMILES string of the molecule is C=C[C@@H](C)C[C@H](O)CCCCO[Si](c1ccccc1)(c1ccccc1)C(C)(C)C. The van der Waals surface area contributed by atoms with Gasteiger partial charge in [-0.05, 0) is 47.0 Å². The van der Waals surface area contributed by atoms with Gasteiger partial charge in [0.15, 0.2) is 0 Å². The molecule has 2 aromatic rings. The van der Waals surface area contributed by atoms with Crippen LogP contribution in [0.4, 0.5) is 0 Å². The molecule has 0 aliphatic carbocycles. The normalized spacial score (nSPS) is 14.4. The number of benzene rings is 2. The van der Waals surface area contributed by atoms with Gasteiger partial charge in [0, 0.05) is 6.61 Å². The second-order valence-electron chi connectivity index (χ2n) is 9.11. The van der Waals surface area contributed by atoms with Crippen LogP contribution in [0.3, 0.4) is 0 Å². The molecule has 0 aromatic heterocycles. The van der Waals surface area contributed by atoms with Crippen molar-refractivity contribution in [1.29, 1.82) is 0 Å². The molecule has 0 amide bonds. The van der Waals surface area contributed by atoms with E-state index in [4.69, 9.17) is 4.43 Å². The average Bonchev–Trinajstić information content (AvgIpc) is 2.71. The molecular weight excluding hydrogens is 372 g/mol. The number of aliphatic hydroxyl groups is 1. The second-order valence-corrected chi connectivity index (χ2v) is 13.4. The fraction of sp³-hybridized carbons (Fsp3) is 0.462. The van der Waals surface area contributed by atoms with Gasteiger partial charge in [0.05, 0.1) is 6.10 Å². The predicted octanol–water partition coefficient (Wildman–Crippen LogP) is 5.31. The van der Waals surface area contributed by atoms with Gasteiger partial charge >= 0.3 is 0 Å². The first-order valence-electron chi connectivity index (χ1n) is 10.9. The topological polar surface area (TPSA) is 29.5 Å². The van der Waals surface area contributed by atoms with Gasteiger partial charge in [-0.1, -0.05) is 94.4 Å². The Hall–Kier alpha value is -1.68. The van der Waals surface area contributed by atoms with Crippen LogP contribution < -0.4 is 10.4 Å². The molecule has 2 nitrogen and oxygen atoms in total. The summed E-state index contributed by atoms with van der Waals surface area (Å²) in [5.41, 5.74) is 0. The van der Waals surface area contributed by atoms with Crippen LogP contribution in [0.1, 0.15) is 53.4 Å². The smallest absolute Gasteiger partial charge is 0.261 e. The van der Waals surface area contributed by atoms with Gasteiger partial charge in [-0.3, -0.25) is 0 Å². The zero-order valence-corrected chi connectivity index (χ0v) is 19.6. The van der Waals surface area contributed by atoms with Crippen LogP contribution >= 0.6 is 0 Å². The average molecular weight is 411 g/mol. The standard InChI is InChI=1S/C26H38O2Si/c1-6-22(2)21-23(27)15-13-14-20-28-29(26(3,4)5,24-16-9-7-10-17-24)25-18-11-8-12-19-25/h6-12,16-19,22-23,27H,1,13-15,20-21H2,2-5H3/t22-,23-/m1/s1. The first kappa shape index (κ1) is 23.6. The van der Waals surface area contributed by atoms with Crippen LogP contribution in [0.25, 0.3) is 0 Å². The highest BCUT2D eigenvalue weighted by molar-refractivity contribution is 6.99. The Morgan fingerprint density at radius 3 is 1.93 bits per heavy atom. The van der Waals surface area contributed by atoms with Gasteiger partial charge in [0.1, 0.15) is 0 Å². The van der Waals surface area contributed by atoms with E-state index in [1.54, 1.807) is 0 Å². The molecule has 29 heavy (non-hydrogen) atoms. The number of hydrogen-bond acceptors (Lipinski definition) is 2. The minimum Gasteiger partial charge on any atom is -0.407 e. The maximum atomic E-state index is 10.2. The van der Waals surface area contributed by atoms with E-state index in [0.717, 1.165) is 32.3 Å². The van der Waals surface area contributed by atoms with Crippen molar-refractivity contribution in [2.75, 3.05) is 6.61 Å². The zero-order valence-electron chi connectivity index (χ0n) is 18.6. The molecule has 2 rings (SSSR count). The summed E-state index contributed by atoms with van der Waals surface area (Å²) in [6, 6.07) is 21.5. The lowest BCUT2D eigenvalue weighted by molar-refractivity contribution is 0.138. The summed E-state index contributed by atoms with van der Waals surface area (Å²) in [7, 11) is -2.43. The molecule has 0 aliphatic heterocycles. The molecule has 0 bridgehead atoms. The fourth-order valence-corrected chi connectivity index (χ4v) is 8.72. The summed E-state index contributed by atoms with van der Waals surface area (Å²) < 4.78 is 6.89. The predicted molar refractivity (Wildman–Crippen MR) is 127 cm³/mol. The highest BCUT2D eigenvalue weighted by atomic mass is 28.4. The molecule has 3 heteroatoms. The van der Waals surface area contributed by atoms with Crippen molar-refractivity contribution in [2.24, 2.45) is 5.92 Å². The lowest BCUT2D eigenvalue weighted by Gasteiger charge is -2.43. The largest absolute Gasteiger partial charge is 0.407 e. The molecular formula is C26H38O2Si. The van der Waals surface area contributed by atoms with E-state index in [-0.39, 0.29) is 11.1 Å². The molecule has 0 spiro atoms. The van der Waals surface area contributed by atoms with Gasteiger partial charge in [-0.15, -0.1) is 6.58 Å². The molecule has 0 aliphatic rings. The summed E-state index contributed by atoms with van der Waals surface area (Å²) in [5, 5.41) is 12.9. The van der Waals surface area contributed by atoms with E-state index in [1.807, 2.05) is 6.08 Å². The third-order valence-electron chi connectivity index (χ3n) is 5.71. The highest BCUT2D eigenvalue weighted by Crippen LogP contribution is 2.36. The van der Waals surface area contributed by atoms with Crippen molar-refractivity contribution >= 4 is 18.7 Å². The van der Waals surface area contributed by atoms with Gasteiger partial charge < -0.3 is 9.53 Å². The maximum Gasteiger partial charge on any atom is 0.261 e. The molecule has 0 radical (unpaired) electrons. The second kappa shape index (κ2) is 10.9. The minimum absolute atomic E-state index is 0.00854. The van der Waals surface area contributed by atoms with E-state index in [1.165, 1.54) is 10.4 Å². The number of unbranched alkanes of at least 4 members (excludes halogenated alkanes) is 1. The van der Waals surface area contributed by atoms with Crippen molar-refractivity contribution in [3.05, 3.63) is 73.3 Å². The lowest BCUT2D eigenvalue weighted by Crippen LogP contribution is -2.66. The van der Waals surface area contributed by atoms with E-state index in [9.17, 15) is 5.11 Å². The summed E-state index contributed by atoms with van der Waals surface area (Å²) in [4.78, 5) is 0. The molecule has 0 heterocycles. The van der Waals surface area contributed by atoms with E-state index in [2.05, 4.69) is 94.9 Å². The number of hydrogen-bond donors (Lipinski definition) is 1. The van der Waals surface area contributed by atoms with Crippen molar-refractivity contribution < 1.29 is 9.53 Å². The quantitative estimate of drug-likeness (QED) is 0.309. The Balaban J connectivity index is 2.14. The van der Waals surface area contributed by atoms with Gasteiger partial charge in [0.25, 0.3) is 8.32 Å². The van der Waals surface area contributed by atoms with Crippen LogP contribution in [0.5, 0.6) is 0 Å². The molecule has 0 fully saturated rings. The molecule has 0 unspecified atom stereocenters. The summed E-state index contributed by atoms with van der Waals surface area (Å²) >= 11 is 0. The number of allylic oxidation sites excluding steroid dienone is 1. The van der Waals surface area contributed by atoms with Crippen molar-refractivity contribution in [2.45, 2.75) is 64.5 Å². The van der Waals surface area contributed by atoms with E-state index >= 15 is 0 Å². The third kappa shape index (κ3) is 6.15. The minimum atomic E-state index is -2.43. The summed E-state index contributed by atoms with van der Waals surface area (Å²) in [5.74, 6) is 0.360. The van der Waals surface area contributed by atoms with Crippen LogP contribution in [0, 0.1) is 5.92 Å². The van der Waals surface area contributed by atoms with Gasteiger partial charge in [0.2, 0.25) is 0 Å². The van der Waals surface area contributed by atoms with Crippen molar-refractivity contribution in [3.8, 4) is 0 Å². The van der Waals surface area contributed by atoms with Crippen LogP contribution in [0.15, 0.2) is 73.3 Å². The number of aliphatic hydroxyl groups excluding tert-OH is 1. The zero-order chi connectivity index (χ0) is 21.3. The highest BCUT2D eigenvalue weighted by Gasteiger charge is 2.49. The Bertz CT molecular complexity index is 682.